The molecule has 0 atom stereocenters. The standard InChI is InChI=1S/C11H18N4S/c1-2-14-5-8(6-14)15-11(12)9-3-4-16-7-10(9)13-15/h8H,2-7,12H2,1H3. The van der Waals surface area contributed by atoms with Gasteiger partial charge in [0, 0.05) is 24.4 Å². The molecule has 0 saturated carbocycles. The van der Waals surface area contributed by atoms with E-state index in [9.17, 15) is 0 Å². The van der Waals surface area contributed by atoms with Crippen molar-refractivity contribution >= 4 is 17.6 Å². The quantitative estimate of drug-likeness (QED) is 0.839. The smallest absolute Gasteiger partial charge is 0.125 e. The van der Waals surface area contributed by atoms with Crippen LogP contribution in [-0.2, 0) is 12.2 Å². The third-order valence-electron chi connectivity index (χ3n) is 3.60. The molecule has 1 saturated heterocycles. The molecule has 0 unspecified atom stereocenters. The van der Waals surface area contributed by atoms with Gasteiger partial charge in [-0.05, 0) is 18.7 Å². The predicted octanol–water partition coefficient (Wildman–Crippen LogP) is 1.13. The largest absolute Gasteiger partial charge is 0.384 e. The van der Waals surface area contributed by atoms with Crippen molar-refractivity contribution in [1.82, 2.24) is 14.7 Å². The van der Waals surface area contributed by atoms with Crippen molar-refractivity contribution in [3.8, 4) is 0 Å². The highest BCUT2D eigenvalue weighted by atomic mass is 32.2. The van der Waals surface area contributed by atoms with E-state index in [0.717, 1.165) is 37.6 Å². The van der Waals surface area contributed by atoms with Gasteiger partial charge in [-0.1, -0.05) is 6.92 Å². The van der Waals surface area contributed by atoms with E-state index < -0.39 is 0 Å². The molecule has 0 aliphatic carbocycles. The zero-order chi connectivity index (χ0) is 11.1. The fraction of sp³-hybridized carbons (Fsp3) is 0.727. The van der Waals surface area contributed by atoms with Crippen molar-refractivity contribution in [1.29, 1.82) is 0 Å². The summed E-state index contributed by atoms with van der Waals surface area (Å²) in [4.78, 5) is 2.42. The minimum atomic E-state index is 0.510. The van der Waals surface area contributed by atoms with Crippen LogP contribution in [0.3, 0.4) is 0 Å². The van der Waals surface area contributed by atoms with Gasteiger partial charge in [-0.2, -0.15) is 16.9 Å². The van der Waals surface area contributed by atoms with Crippen LogP contribution in [0.25, 0.3) is 0 Å². The van der Waals surface area contributed by atoms with Gasteiger partial charge in [0.15, 0.2) is 0 Å². The summed E-state index contributed by atoms with van der Waals surface area (Å²) in [7, 11) is 0. The Balaban J connectivity index is 1.83. The summed E-state index contributed by atoms with van der Waals surface area (Å²) in [5, 5.41) is 4.69. The fourth-order valence-corrected chi connectivity index (χ4v) is 3.41. The van der Waals surface area contributed by atoms with Crippen molar-refractivity contribution in [2.45, 2.75) is 25.1 Å². The zero-order valence-corrected chi connectivity index (χ0v) is 10.5. The van der Waals surface area contributed by atoms with Crippen LogP contribution in [0.15, 0.2) is 0 Å². The number of likely N-dealkylation sites (tertiary alicyclic amines) is 1. The average Bonchev–Trinajstić information content (AvgIpc) is 2.56. The summed E-state index contributed by atoms with van der Waals surface area (Å²) in [6.07, 6.45) is 1.09. The van der Waals surface area contributed by atoms with E-state index in [-0.39, 0.29) is 0 Å². The molecule has 3 rings (SSSR count). The molecule has 0 spiro atoms. The van der Waals surface area contributed by atoms with Gasteiger partial charge in [0.1, 0.15) is 5.82 Å². The van der Waals surface area contributed by atoms with Gasteiger partial charge in [-0.25, -0.2) is 4.68 Å². The Bertz CT molecular complexity index is 395. The van der Waals surface area contributed by atoms with Crippen LogP contribution in [0, 0.1) is 0 Å². The highest BCUT2D eigenvalue weighted by Gasteiger charge is 2.31. The van der Waals surface area contributed by atoms with Gasteiger partial charge in [0.05, 0.1) is 11.7 Å². The molecule has 0 radical (unpaired) electrons. The third kappa shape index (κ3) is 1.53. The number of aromatic nitrogens is 2. The number of anilines is 1. The average molecular weight is 238 g/mol. The van der Waals surface area contributed by atoms with Crippen LogP contribution in [0.4, 0.5) is 5.82 Å². The summed E-state index contributed by atoms with van der Waals surface area (Å²) < 4.78 is 2.07. The molecule has 88 valence electrons. The lowest BCUT2D eigenvalue weighted by Crippen LogP contribution is -2.47. The second-order valence-electron chi connectivity index (χ2n) is 4.56. The molecule has 3 heterocycles. The number of likely N-dealkylation sites (N-methyl/N-ethyl adjacent to an activating group) is 1. The first-order valence-electron chi connectivity index (χ1n) is 5.95. The topological polar surface area (TPSA) is 47.1 Å². The molecule has 4 nitrogen and oxygen atoms in total. The monoisotopic (exact) mass is 238 g/mol. The maximum absolute atomic E-state index is 6.19. The molecule has 16 heavy (non-hydrogen) atoms. The molecule has 2 aliphatic heterocycles. The number of nitrogen functional groups attached to an aromatic ring is 1. The molecule has 2 aliphatic rings. The lowest BCUT2D eigenvalue weighted by atomic mass is 10.1. The number of nitrogens with two attached hydrogens (primary N) is 1. The van der Waals surface area contributed by atoms with E-state index in [4.69, 9.17) is 5.73 Å². The Morgan fingerprint density at radius 2 is 2.31 bits per heavy atom. The van der Waals surface area contributed by atoms with Crippen LogP contribution in [-0.4, -0.2) is 40.1 Å². The van der Waals surface area contributed by atoms with E-state index in [1.165, 1.54) is 17.0 Å². The summed E-state index contributed by atoms with van der Waals surface area (Å²) in [5.74, 6) is 3.15. The molecule has 2 N–H and O–H groups in total. The molecule has 1 fully saturated rings. The molecular weight excluding hydrogens is 220 g/mol. The molecule has 1 aromatic rings. The summed E-state index contributed by atoms with van der Waals surface area (Å²) in [6.45, 7) is 5.54. The summed E-state index contributed by atoms with van der Waals surface area (Å²) >= 11 is 1.96. The van der Waals surface area contributed by atoms with Gasteiger partial charge in [0.2, 0.25) is 0 Å². The van der Waals surface area contributed by atoms with Gasteiger partial charge in [0.25, 0.3) is 0 Å². The SMILES string of the molecule is CCN1CC(n2nc3c(c2N)CCSC3)C1. The maximum atomic E-state index is 6.19. The fourth-order valence-electron chi connectivity index (χ4n) is 2.50. The Morgan fingerprint density at radius 3 is 3.00 bits per heavy atom. The number of fused-ring (bicyclic) bond motifs is 1. The molecule has 0 amide bonds. The third-order valence-corrected chi connectivity index (χ3v) is 4.57. The molecule has 5 heteroatoms. The predicted molar refractivity (Wildman–Crippen MR) is 67.7 cm³/mol. The highest BCUT2D eigenvalue weighted by Crippen LogP contribution is 2.32. The van der Waals surface area contributed by atoms with Crippen molar-refractivity contribution in [2.75, 3.05) is 31.1 Å². The van der Waals surface area contributed by atoms with Gasteiger partial charge in [-0.3, -0.25) is 4.90 Å². The highest BCUT2D eigenvalue weighted by molar-refractivity contribution is 7.98. The minimum absolute atomic E-state index is 0.510. The Kier molecular flexibility index (Phi) is 2.59. The Hall–Kier alpha value is -0.680. The lowest BCUT2D eigenvalue weighted by Gasteiger charge is -2.38. The summed E-state index contributed by atoms with van der Waals surface area (Å²) in [6, 6.07) is 0.510. The maximum Gasteiger partial charge on any atom is 0.125 e. The lowest BCUT2D eigenvalue weighted by molar-refractivity contribution is 0.107. The molecular formula is C11H18N4S. The first kappa shape index (κ1) is 10.5. The van der Waals surface area contributed by atoms with Crippen LogP contribution in [0.2, 0.25) is 0 Å². The van der Waals surface area contributed by atoms with Gasteiger partial charge < -0.3 is 5.73 Å². The van der Waals surface area contributed by atoms with Gasteiger partial charge >= 0.3 is 0 Å². The first-order valence-corrected chi connectivity index (χ1v) is 7.11. The molecule has 1 aromatic heterocycles. The van der Waals surface area contributed by atoms with E-state index in [1.807, 2.05) is 11.8 Å². The Labute approximate surface area is 100 Å². The summed E-state index contributed by atoms with van der Waals surface area (Å²) in [5.41, 5.74) is 8.73. The van der Waals surface area contributed by atoms with Crippen LogP contribution in [0.1, 0.15) is 24.2 Å². The van der Waals surface area contributed by atoms with Crippen LogP contribution >= 0.6 is 11.8 Å². The van der Waals surface area contributed by atoms with E-state index in [2.05, 4.69) is 21.6 Å². The molecule has 0 bridgehead atoms. The zero-order valence-electron chi connectivity index (χ0n) is 9.65. The molecule has 0 aromatic carbocycles. The van der Waals surface area contributed by atoms with Crippen molar-refractivity contribution in [3.05, 3.63) is 11.3 Å². The van der Waals surface area contributed by atoms with Crippen molar-refractivity contribution < 1.29 is 0 Å². The number of hydrogen-bond acceptors (Lipinski definition) is 4. The number of hydrogen-bond donors (Lipinski definition) is 1. The van der Waals surface area contributed by atoms with E-state index in [1.54, 1.807) is 0 Å². The Morgan fingerprint density at radius 1 is 1.50 bits per heavy atom. The minimum Gasteiger partial charge on any atom is -0.384 e. The van der Waals surface area contributed by atoms with Crippen molar-refractivity contribution in [2.24, 2.45) is 0 Å². The second kappa shape index (κ2) is 3.96. The second-order valence-corrected chi connectivity index (χ2v) is 5.67. The van der Waals surface area contributed by atoms with E-state index in [0.29, 0.717) is 6.04 Å². The normalized spacial score (nSPS) is 21.8. The van der Waals surface area contributed by atoms with Crippen molar-refractivity contribution in [3.63, 3.8) is 0 Å². The van der Waals surface area contributed by atoms with Crippen LogP contribution < -0.4 is 5.73 Å². The first-order chi connectivity index (χ1) is 7.79. The number of rotatable bonds is 2. The number of nitrogens with zero attached hydrogens (tertiary/aromatic N) is 3. The van der Waals surface area contributed by atoms with Crippen LogP contribution in [0.5, 0.6) is 0 Å². The van der Waals surface area contributed by atoms with Gasteiger partial charge in [-0.15, -0.1) is 0 Å². The van der Waals surface area contributed by atoms with E-state index >= 15 is 0 Å². The number of thioether (sulfide) groups is 1.